The van der Waals surface area contributed by atoms with Crippen molar-refractivity contribution < 1.29 is 13.2 Å². The summed E-state index contributed by atoms with van der Waals surface area (Å²) in [6.45, 7) is 0. The third kappa shape index (κ3) is 4.37. The van der Waals surface area contributed by atoms with Crippen LogP contribution in [0.1, 0.15) is 10.4 Å². The van der Waals surface area contributed by atoms with E-state index in [-0.39, 0.29) is 5.91 Å². The van der Waals surface area contributed by atoms with Crippen molar-refractivity contribution in [3.63, 3.8) is 0 Å². The highest BCUT2D eigenvalue weighted by Crippen LogP contribution is 2.25. The molecule has 23 heavy (non-hydrogen) atoms. The SMILES string of the molecule is CN(c1ccc(C(=O)Nc2ccc(Cl)c(Cl)c2)cc1)S(C)(=O)=O. The zero-order valence-corrected chi connectivity index (χ0v) is 14.7. The first-order chi connectivity index (χ1) is 10.7. The Morgan fingerprint density at radius 1 is 1.04 bits per heavy atom. The van der Waals surface area contributed by atoms with Gasteiger partial charge in [-0.1, -0.05) is 23.2 Å². The normalized spacial score (nSPS) is 11.1. The van der Waals surface area contributed by atoms with Crippen molar-refractivity contribution in [1.29, 1.82) is 0 Å². The van der Waals surface area contributed by atoms with Gasteiger partial charge >= 0.3 is 0 Å². The molecule has 2 aromatic rings. The lowest BCUT2D eigenvalue weighted by Crippen LogP contribution is -2.24. The molecule has 2 rings (SSSR count). The molecule has 0 radical (unpaired) electrons. The van der Waals surface area contributed by atoms with E-state index in [1.165, 1.54) is 7.05 Å². The molecule has 5 nitrogen and oxygen atoms in total. The highest BCUT2D eigenvalue weighted by Gasteiger charge is 2.13. The minimum absolute atomic E-state index is 0.336. The Kier molecular flexibility index (Phi) is 5.19. The first kappa shape index (κ1) is 17.6. The second-order valence-corrected chi connectivity index (χ2v) is 7.69. The quantitative estimate of drug-likeness (QED) is 0.890. The molecule has 122 valence electrons. The Bertz CT molecular complexity index is 836. The van der Waals surface area contributed by atoms with Gasteiger partial charge in [0.2, 0.25) is 10.0 Å². The third-order valence-corrected chi connectivity index (χ3v) is 5.11. The Morgan fingerprint density at radius 3 is 2.17 bits per heavy atom. The first-order valence-corrected chi connectivity index (χ1v) is 9.09. The van der Waals surface area contributed by atoms with Crippen LogP contribution in [0.5, 0.6) is 0 Å². The maximum Gasteiger partial charge on any atom is 0.255 e. The summed E-state index contributed by atoms with van der Waals surface area (Å²) in [5, 5.41) is 3.43. The maximum atomic E-state index is 12.2. The summed E-state index contributed by atoms with van der Waals surface area (Å²) in [6.07, 6.45) is 1.11. The predicted molar refractivity (Wildman–Crippen MR) is 94.1 cm³/mol. The number of sulfonamides is 1. The first-order valence-electron chi connectivity index (χ1n) is 6.49. The molecule has 0 atom stereocenters. The van der Waals surface area contributed by atoms with E-state index in [1.54, 1.807) is 42.5 Å². The minimum Gasteiger partial charge on any atom is -0.322 e. The van der Waals surface area contributed by atoms with Crippen LogP contribution in [0.25, 0.3) is 0 Å². The van der Waals surface area contributed by atoms with Crippen molar-refractivity contribution in [2.45, 2.75) is 0 Å². The van der Waals surface area contributed by atoms with E-state index in [2.05, 4.69) is 5.32 Å². The van der Waals surface area contributed by atoms with E-state index in [9.17, 15) is 13.2 Å². The van der Waals surface area contributed by atoms with Gasteiger partial charge in [-0.05, 0) is 42.5 Å². The smallest absolute Gasteiger partial charge is 0.255 e. The highest BCUT2D eigenvalue weighted by atomic mass is 35.5. The number of amides is 1. The summed E-state index contributed by atoms with van der Waals surface area (Å²) >= 11 is 11.7. The summed E-state index contributed by atoms with van der Waals surface area (Å²) in [6, 6.07) is 11.0. The van der Waals surface area contributed by atoms with Gasteiger partial charge in [0.25, 0.3) is 5.91 Å². The summed E-state index contributed by atoms with van der Waals surface area (Å²) in [7, 11) is -1.90. The third-order valence-electron chi connectivity index (χ3n) is 3.17. The van der Waals surface area contributed by atoms with E-state index in [0.717, 1.165) is 10.6 Å². The molecule has 0 bridgehead atoms. The zero-order valence-electron chi connectivity index (χ0n) is 12.4. The van der Waals surface area contributed by atoms with Crippen LogP contribution in [-0.2, 0) is 10.0 Å². The van der Waals surface area contributed by atoms with Gasteiger partial charge in [0.05, 0.1) is 22.0 Å². The van der Waals surface area contributed by atoms with Crippen LogP contribution >= 0.6 is 23.2 Å². The second kappa shape index (κ2) is 6.78. The van der Waals surface area contributed by atoms with Crippen LogP contribution in [0.4, 0.5) is 11.4 Å². The van der Waals surface area contributed by atoms with Crippen molar-refractivity contribution in [1.82, 2.24) is 0 Å². The number of nitrogens with zero attached hydrogens (tertiary/aromatic N) is 1. The lowest BCUT2D eigenvalue weighted by molar-refractivity contribution is 0.102. The van der Waals surface area contributed by atoms with Gasteiger partial charge in [-0.15, -0.1) is 0 Å². The van der Waals surface area contributed by atoms with E-state index >= 15 is 0 Å². The monoisotopic (exact) mass is 372 g/mol. The number of anilines is 2. The van der Waals surface area contributed by atoms with Crippen LogP contribution < -0.4 is 9.62 Å². The number of rotatable bonds is 4. The van der Waals surface area contributed by atoms with Crippen LogP contribution in [0.2, 0.25) is 10.0 Å². The molecule has 0 heterocycles. The molecule has 0 aliphatic heterocycles. The van der Waals surface area contributed by atoms with Gasteiger partial charge in [0, 0.05) is 18.3 Å². The molecular weight excluding hydrogens is 359 g/mol. The second-order valence-electron chi connectivity index (χ2n) is 4.86. The molecule has 0 spiro atoms. The van der Waals surface area contributed by atoms with Crippen LogP contribution in [-0.4, -0.2) is 27.6 Å². The summed E-state index contributed by atoms with van der Waals surface area (Å²) < 4.78 is 24.1. The average molecular weight is 373 g/mol. The number of hydrogen-bond donors (Lipinski definition) is 1. The van der Waals surface area contributed by atoms with E-state index < -0.39 is 10.0 Å². The van der Waals surface area contributed by atoms with Gasteiger partial charge in [-0.3, -0.25) is 9.10 Å². The molecule has 0 aliphatic carbocycles. The van der Waals surface area contributed by atoms with Crippen molar-refractivity contribution >= 4 is 50.5 Å². The lowest BCUT2D eigenvalue weighted by Gasteiger charge is -2.16. The molecular formula is C15H14Cl2N2O3S. The Hall–Kier alpha value is -1.76. The fraction of sp³-hybridized carbons (Fsp3) is 0.133. The van der Waals surface area contributed by atoms with E-state index in [1.807, 2.05) is 0 Å². The van der Waals surface area contributed by atoms with Crippen LogP contribution in [0.15, 0.2) is 42.5 Å². The van der Waals surface area contributed by atoms with Gasteiger partial charge in [-0.2, -0.15) is 0 Å². The van der Waals surface area contributed by atoms with Crippen LogP contribution in [0, 0.1) is 0 Å². The highest BCUT2D eigenvalue weighted by molar-refractivity contribution is 7.92. The Morgan fingerprint density at radius 2 is 1.65 bits per heavy atom. The van der Waals surface area contributed by atoms with Crippen molar-refractivity contribution in [2.75, 3.05) is 22.9 Å². The molecule has 0 saturated carbocycles. The Balaban J connectivity index is 2.15. The molecule has 0 saturated heterocycles. The predicted octanol–water partition coefficient (Wildman–Crippen LogP) is 3.64. The molecule has 8 heteroatoms. The van der Waals surface area contributed by atoms with E-state index in [0.29, 0.717) is 27.0 Å². The molecule has 1 amide bonds. The fourth-order valence-corrected chi connectivity index (χ4v) is 2.59. The summed E-state index contributed by atoms with van der Waals surface area (Å²) in [5.41, 5.74) is 1.38. The minimum atomic E-state index is -3.34. The van der Waals surface area contributed by atoms with Crippen molar-refractivity contribution in [3.05, 3.63) is 58.1 Å². The average Bonchev–Trinajstić information content (AvgIpc) is 2.49. The molecule has 1 N–H and O–H groups in total. The van der Waals surface area contributed by atoms with Crippen molar-refractivity contribution in [2.24, 2.45) is 0 Å². The number of carbonyl (C=O) groups excluding carboxylic acids is 1. The molecule has 0 aliphatic rings. The summed E-state index contributed by atoms with van der Waals surface area (Å²) in [5.74, 6) is -0.336. The van der Waals surface area contributed by atoms with Gasteiger partial charge in [0.15, 0.2) is 0 Å². The molecule has 0 aromatic heterocycles. The van der Waals surface area contributed by atoms with Gasteiger partial charge in [0.1, 0.15) is 0 Å². The molecule has 0 fully saturated rings. The number of benzene rings is 2. The van der Waals surface area contributed by atoms with Crippen molar-refractivity contribution in [3.8, 4) is 0 Å². The lowest BCUT2D eigenvalue weighted by atomic mass is 10.2. The molecule has 2 aromatic carbocycles. The topological polar surface area (TPSA) is 66.5 Å². The Labute approximate surface area is 144 Å². The van der Waals surface area contributed by atoms with Crippen LogP contribution in [0.3, 0.4) is 0 Å². The number of halogens is 2. The number of carbonyl (C=O) groups is 1. The summed E-state index contributed by atoms with van der Waals surface area (Å²) in [4.78, 5) is 12.2. The van der Waals surface area contributed by atoms with Gasteiger partial charge < -0.3 is 5.32 Å². The zero-order chi connectivity index (χ0) is 17.2. The van der Waals surface area contributed by atoms with Gasteiger partial charge in [-0.25, -0.2) is 8.42 Å². The largest absolute Gasteiger partial charge is 0.322 e. The number of hydrogen-bond acceptors (Lipinski definition) is 3. The maximum absolute atomic E-state index is 12.2. The number of nitrogens with one attached hydrogen (secondary N) is 1. The standard InChI is InChI=1S/C15H14Cl2N2O3S/c1-19(23(2,21)22)12-6-3-10(4-7-12)15(20)18-11-5-8-13(16)14(17)9-11/h3-9H,1-2H3,(H,18,20). The fourth-order valence-electron chi connectivity index (χ4n) is 1.79. The van der Waals surface area contributed by atoms with E-state index in [4.69, 9.17) is 23.2 Å². The molecule has 0 unspecified atom stereocenters.